The summed E-state index contributed by atoms with van der Waals surface area (Å²) in [4.78, 5) is 25.3. The van der Waals surface area contributed by atoms with Crippen LogP contribution in [0.2, 0.25) is 10.0 Å². The molecule has 5 aromatic rings. The summed E-state index contributed by atoms with van der Waals surface area (Å²) in [6.07, 6.45) is 0. The van der Waals surface area contributed by atoms with E-state index in [2.05, 4.69) is 0 Å². The summed E-state index contributed by atoms with van der Waals surface area (Å²) in [5, 5.41) is 3.39. The van der Waals surface area contributed by atoms with Gasteiger partial charge in [-0.05, 0) is 32.8 Å². The number of halogens is 2. The van der Waals surface area contributed by atoms with Gasteiger partial charge in [-0.15, -0.1) is 0 Å². The van der Waals surface area contributed by atoms with Crippen molar-refractivity contribution in [1.82, 2.24) is 0 Å². The molecular formula is C28H18Cl2N2O2. The molecule has 0 heterocycles. The molecule has 0 saturated heterocycles. The zero-order valence-electron chi connectivity index (χ0n) is 17.8. The predicted molar refractivity (Wildman–Crippen MR) is 139 cm³/mol. The topological polar surface area (TPSA) is 86.2 Å². The van der Waals surface area contributed by atoms with Crippen molar-refractivity contribution in [3.8, 4) is 22.3 Å². The molecule has 4 nitrogen and oxygen atoms in total. The second-order valence-electron chi connectivity index (χ2n) is 7.91. The van der Waals surface area contributed by atoms with E-state index in [-0.39, 0.29) is 10.6 Å². The molecule has 166 valence electrons. The second kappa shape index (κ2) is 8.49. The number of benzene rings is 5. The Kier molecular flexibility index (Phi) is 5.48. The number of fused-ring (bicyclic) bond motifs is 2. The molecule has 4 N–H and O–H groups in total. The second-order valence-corrected chi connectivity index (χ2v) is 8.66. The fraction of sp³-hybridized carbons (Fsp3) is 0. The van der Waals surface area contributed by atoms with Crippen molar-refractivity contribution in [1.29, 1.82) is 0 Å². The van der Waals surface area contributed by atoms with Crippen molar-refractivity contribution in [3.05, 3.63) is 106 Å². The van der Waals surface area contributed by atoms with Crippen LogP contribution in [0.5, 0.6) is 0 Å². The van der Waals surface area contributed by atoms with Crippen LogP contribution in [0.4, 0.5) is 0 Å². The molecule has 5 rings (SSSR count). The van der Waals surface area contributed by atoms with Gasteiger partial charge < -0.3 is 11.5 Å². The molecule has 0 fully saturated rings. The Bertz CT molecular complexity index is 1640. The van der Waals surface area contributed by atoms with Gasteiger partial charge in [-0.25, -0.2) is 0 Å². The Hall–Kier alpha value is -3.86. The van der Waals surface area contributed by atoms with Crippen LogP contribution >= 0.6 is 23.2 Å². The molecule has 5 aromatic carbocycles. The smallest absolute Gasteiger partial charge is 0.250 e. The van der Waals surface area contributed by atoms with E-state index >= 15 is 0 Å². The molecular weight excluding hydrogens is 467 g/mol. The first-order valence-electron chi connectivity index (χ1n) is 10.5. The zero-order valence-corrected chi connectivity index (χ0v) is 19.3. The number of primary amides is 2. The number of rotatable bonds is 4. The van der Waals surface area contributed by atoms with Crippen LogP contribution in [0.25, 0.3) is 43.8 Å². The van der Waals surface area contributed by atoms with E-state index in [0.29, 0.717) is 43.6 Å². The minimum Gasteiger partial charge on any atom is -0.366 e. The van der Waals surface area contributed by atoms with Gasteiger partial charge in [-0.2, -0.15) is 0 Å². The van der Waals surface area contributed by atoms with Gasteiger partial charge in [0, 0.05) is 10.9 Å². The van der Waals surface area contributed by atoms with Crippen LogP contribution in [0.15, 0.2) is 84.9 Å². The summed E-state index contributed by atoms with van der Waals surface area (Å²) in [5.41, 5.74) is 14.7. The van der Waals surface area contributed by atoms with Crippen LogP contribution in [0, 0.1) is 0 Å². The maximum Gasteiger partial charge on any atom is 0.250 e. The average molecular weight is 485 g/mol. The molecule has 0 spiro atoms. The van der Waals surface area contributed by atoms with Crippen LogP contribution in [-0.2, 0) is 0 Å². The molecule has 2 amide bonds. The number of carbonyl (C=O) groups is 2. The Morgan fingerprint density at radius 2 is 1.09 bits per heavy atom. The summed E-state index contributed by atoms with van der Waals surface area (Å²) in [6.45, 7) is 0. The van der Waals surface area contributed by atoms with Gasteiger partial charge in [0.2, 0.25) is 11.8 Å². The highest BCUT2D eigenvalue weighted by Crippen LogP contribution is 2.46. The number of hydrogen-bond acceptors (Lipinski definition) is 2. The fourth-order valence-electron chi connectivity index (χ4n) is 4.57. The maximum absolute atomic E-state index is 12.7. The molecule has 0 atom stereocenters. The van der Waals surface area contributed by atoms with Crippen molar-refractivity contribution in [2.45, 2.75) is 0 Å². The minimum absolute atomic E-state index is 0.211. The zero-order chi connectivity index (χ0) is 24.0. The number of nitrogens with two attached hydrogens (primary N) is 2. The Morgan fingerprint density at radius 1 is 0.529 bits per heavy atom. The van der Waals surface area contributed by atoms with E-state index in [4.69, 9.17) is 34.7 Å². The van der Waals surface area contributed by atoms with Crippen LogP contribution in [0.1, 0.15) is 20.7 Å². The van der Waals surface area contributed by atoms with Gasteiger partial charge in [-0.3, -0.25) is 9.59 Å². The molecule has 0 unspecified atom stereocenters. The Morgan fingerprint density at radius 3 is 1.76 bits per heavy atom. The van der Waals surface area contributed by atoms with Crippen LogP contribution in [0.3, 0.4) is 0 Å². The van der Waals surface area contributed by atoms with E-state index in [1.54, 1.807) is 12.1 Å². The monoisotopic (exact) mass is 484 g/mol. The molecule has 0 aromatic heterocycles. The summed E-state index contributed by atoms with van der Waals surface area (Å²) < 4.78 is 0. The first-order valence-corrected chi connectivity index (χ1v) is 11.3. The summed E-state index contributed by atoms with van der Waals surface area (Å²) in [5.74, 6) is -1.19. The highest BCUT2D eigenvalue weighted by atomic mass is 35.5. The largest absolute Gasteiger partial charge is 0.366 e. The highest BCUT2D eigenvalue weighted by Gasteiger charge is 2.25. The third-order valence-electron chi connectivity index (χ3n) is 6.00. The Balaban J connectivity index is 1.92. The molecule has 6 heteroatoms. The lowest BCUT2D eigenvalue weighted by Gasteiger charge is -2.19. The summed E-state index contributed by atoms with van der Waals surface area (Å²) >= 11 is 13.4. The fourth-order valence-corrected chi connectivity index (χ4v) is 5.13. The van der Waals surface area contributed by atoms with Gasteiger partial charge in [0.15, 0.2) is 0 Å². The number of amides is 2. The van der Waals surface area contributed by atoms with Crippen molar-refractivity contribution in [2.75, 3.05) is 0 Å². The molecule has 0 aliphatic carbocycles. The van der Waals surface area contributed by atoms with E-state index in [0.717, 1.165) is 10.8 Å². The van der Waals surface area contributed by atoms with E-state index < -0.39 is 11.8 Å². The van der Waals surface area contributed by atoms with Crippen molar-refractivity contribution < 1.29 is 9.59 Å². The molecule has 0 aliphatic heterocycles. The van der Waals surface area contributed by atoms with Gasteiger partial charge in [0.25, 0.3) is 0 Å². The average Bonchev–Trinajstić information content (AvgIpc) is 2.85. The number of hydrogen-bond donors (Lipinski definition) is 2. The van der Waals surface area contributed by atoms with Gasteiger partial charge >= 0.3 is 0 Å². The summed E-state index contributed by atoms with van der Waals surface area (Å²) in [6, 6.07) is 25.9. The molecule has 0 saturated carbocycles. The molecule has 0 aliphatic rings. The van der Waals surface area contributed by atoms with Crippen molar-refractivity contribution >= 4 is 56.6 Å². The quantitative estimate of drug-likeness (QED) is 0.292. The van der Waals surface area contributed by atoms with Gasteiger partial charge in [0.05, 0.1) is 21.2 Å². The number of carbonyl (C=O) groups excluding carboxylic acids is 2. The maximum atomic E-state index is 12.7. The van der Waals surface area contributed by atoms with E-state index in [1.807, 2.05) is 72.8 Å². The van der Waals surface area contributed by atoms with E-state index in [1.165, 1.54) is 0 Å². The normalized spacial score (nSPS) is 11.1. The van der Waals surface area contributed by atoms with Crippen LogP contribution < -0.4 is 11.5 Å². The van der Waals surface area contributed by atoms with Crippen LogP contribution in [-0.4, -0.2) is 11.8 Å². The Labute approximate surface area is 205 Å². The van der Waals surface area contributed by atoms with Crippen molar-refractivity contribution in [3.63, 3.8) is 0 Å². The lowest BCUT2D eigenvalue weighted by atomic mass is 9.86. The van der Waals surface area contributed by atoms with Gasteiger partial charge in [-0.1, -0.05) is 108 Å². The third-order valence-corrected chi connectivity index (χ3v) is 6.87. The molecule has 0 radical (unpaired) electrons. The highest BCUT2D eigenvalue weighted by molar-refractivity contribution is 6.48. The standard InChI is InChI=1S/C28H18Cl2N2O2/c29-25-21-12-6-5-11-19(21)24(28(32)34)23(26(25)30)18-10-4-3-9-17(18)20-14-13-15-7-1-2-8-16(15)22(20)27(31)33/h1-14H,(H2,31,33)(H2,32,34). The third kappa shape index (κ3) is 3.39. The first-order chi connectivity index (χ1) is 16.4. The first kappa shape index (κ1) is 22.0. The predicted octanol–water partition coefficient (Wildman–Crippen LogP) is 6.83. The van der Waals surface area contributed by atoms with Crippen molar-refractivity contribution in [2.24, 2.45) is 11.5 Å². The minimum atomic E-state index is -0.631. The van der Waals surface area contributed by atoms with E-state index in [9.17, 15) is 9.59 Å². The lowest BCUT2D eigenvalue weighted by Crippen LogP contribution is -2.15. The van der Waals surface area contributed by atoms with Gasteiger partial charge in [0.1, 0.15) is 0 Å². The lowest BCUT2D eigenvalue weighted by molar-refractivity contribution is 0.0993. The summed E-state index contributed by atoms with van der Waals surface area (Å²) in [7, 11) is 0. The molecule has 34 heavy (non-hydrogen) atoms. The molecule has 0 bridgehead atoms. The SMILES string of the molecule is NC(=O)c1c(-c2ccccc2-c2c(Cl)c(Cl)c3ccccc3c2C(N)=O)ccc2ccccc12.